The number of benzene rings is 2. The summed E-state index contributed by atoms with van der Waals surface area (Å²) in [5.41, 5.74) is 6.06. The maximum atomic E-state index is 5.45. The molecule has 2 aromatic carbocycles. The number of piperidine rings is 1. The van der Waals surface area contributed by atoms with Gasteiger partial charge in [-0.3, -0.25) is 0 Å². The number of thiocarbonyl (C=S) groups is 1. The van der Waals surface area contributed by atoms with E-state index in [0.717, 1.165) is 18.2 Å². The van der Waals surface area contributed by atoms with Crippen LogP contribution in [-0.2, 0) is 6.54 Å². The van der Waals surface area contributed by atoms with E-state index < -0.39 is 0 Å². The Morgan fingerprint density at radius 1 is 1.15 bits per heavy atom. The molecule has 1 aliphatic heterocycles. The molecule has 2 N–H and O–H groups in total. The van der Waals surface area contributed by atoms with Crippen molar-refractivity contribution in [1.29, 1.82) is 0 Å². The Hall–Kier alpha value is -2.07. The number of anilines is 2. The predicted octanol–water partition coefficient (Wildman–Crippen LogP) is 5.03. The van der Waals surface area contributed by atoms with Crippen molar-refractivity contribution in [3.8, 4) is 0 Å². The molecule has 0 aliphatic carbocycles. The maximum absolute atomic E-state index is 5.45. The molecule has 1 saturated heterocycles. The first-order chi connectivity index (χ1) is 12.5. The van der Waals surface area contributed by atoms with Gasteiger partial charge in [0.2, 0.25) is 0 Å². The summed E-state index contributed by atoms with van der Waals surface area (Å²) in [6.45, 7) is 9.59. The quantitative estimate of drug-likeness (QED) is 0.742. The lowest BCUT2D eigenvalue weighted by molar-refractivity contribution is 0.447. The van der Waals surface area contributed by atoms with Crippen LogP contribution in [0.25, 0.3) is 0 Å². The second-order valence-corrected chi connectivity index (χ2v) is 7.89. The van der Waals surface area contributed by atoms with Crippen molar-refractivity contribution in [3.63, 3.8) is 0 Å². The first-order valence-electron chi connectivity index (χ1n) is 9.47. The van der Waals surface area contributed by atoms with E-state index in [9.17, 15) is 0 Å². The van der Waals surface area contributed by atoms with Crippen LogP contribution in [0.5, 0.6) is 0 Å². The van der Waals surface area contributed by atoms with E-state index in [1.54, 1.807) is 0 Å². The second-order valence-electron chi connectivity index (χ2n) is 7.49. The molecule has 3 nitrogen and oxygen atoms in total. The van der Waals surface area contributed by atoms with Gasteiger partial charge in [0.25, 0.3) is 0 Å². The molecule has 0 amide bonds. The van der Waals surface area contributed by atoms with E-state index in [0.29, 0.717) is 5.11 Å². The van der Waals surface area contributed by atoms with Gasteiger partial charge in [0, 0.05) is 31.0 Å². The first kappa shape index (κ1) is 18.7. The summed E-state index contributed by atoms with van der Waals surface area (Å²) in [5.74, 6) is 0.790. The minimum Gasteiger partial charge on any atom is -0.371 e. The molecule has 1 atom stereocenters. The molecule has 0 spiro atoms. The summed E-state index contributed by atoms with van der Waals surface area (Å²) in [6, 6.07) is 15.2. The molecule has 2 aromatic rings. The van der Waals surface area contributed by atoms with Gasteiger partial charge in [-0.1, -0.05) is 31.2 Å². The van der Waals surface area contributed by atoms with E-state index in [-0.39, 0.29) is 0 Å². The number of rotatable bonds is 4. The zero-order valence-corrected chi connectivity index (χ0v) is 16.8. The first-order valence-corrected chi connectivity index (χ1v) is 9.88. The number of aryl methyl sites for hydroxylation is 2. The van der Waals surface area contributed by atoms with Gasteiger partial charge in [-0.05, 0) is 79.7 Å². The Labute approximate surface area is 162 Å². The van der Waals surface area contributed by atoms with Crippen LogP contribution in [0.15, 0.2) is 42.5 Å². The van der Waals surface area contributed by atoms with Crippen molar-refractivity contribution < 1.29 is 0 Å². The van der Waals surface area contributed by atoms with Gasteiger partial charge in [-0.15, -0.1) is 0 Å². The maximum Gasteiger partial charge on any atom is 0.171 e. The summed E-state index contributed by atoms with van der Waals surface area (Å²) in [5, 5.41) is 7.27. The lowest BCUT2D eigenvalue weighted by Crippen LogP contribution is -2.34. The lowest BCUT2D eigenvalue weighted by Gasteiger charge is -2.32. The predicted molar refractivity (Wildman–Crippen MR) is 116 cm³/mol. The minimum atomic E-state index is 0.660. The van der Waals surface area contributed by atoms with E-state index in [4.69, 9.17) is 12.2 Å². The van der Waals surface area contributed by atoms with E-state index in [2.05, 4.69) is 78.8 Å². The molecular formula is C22H29N3S. The highest BCUT2D eigenvalue weighted by Crippen LogP contribution is 2.23. The van der Waals surface area contributed by atoms with Crippen molar-refractivity contribution in [3.05, 3.63) is 59.2 Å². The SMILES string of the molecule is Cc1ccc(C)c(NC(=S)NCc2ccc(N3CCC[C@@H](C)C3)cc2)c1. The molecule has 0 saturated carbocycles. The largest absolute Gasteiger partial charge is 0.371 e. The number of hydrogen-bond donors (Lipinski definition) is 2. The van der Waals surface area contributed by atoms with Crippen LogP contribution >= 0.6 is 12.2 Å². The fourth-order valence-corrected chi connectivity index (χ4v) is 3.65. The Kier molecular flexibility index (Phi) is 6.15. The number of nitrogens with one attached hydrogen (secondary N) is 2. The van der Waals surface area contributed by atoms with Crippen LogP contribution in [0, 0.1) is 19.8 Å². The van der Waals surface area contributed by atoms with Crippen LogP contribution < -0.4 is 15.5 Å². The summed E-state index contributed by atoms with van der Waals surface area (Å²) in [4.78, 5) is 2.50. The summed E-state index contributed by atoms with van der Waals surface area (Å²) >= 11 is 5.45. The third-order valence-electron chi connectivity index (χ3n) is 5.05. The van der Waals surface area contributed by atoms with Crippen LogP contribution in [0.1, 0.15) is 36.5 Å². The van der Waals surface area contributed by atoms with Gasteiger partial charge in [0.1, 0.15) is 0 Å². The fraction of sp³-hybridized carbons (Fsp3) is 0.409. The molecular weight excluding hydrogens is 338 g/mol. The van der Waals surface area contributed by atoms with Gasteiger partial charge in [0.15, 0.2) is 5.11 Å². The standard InChI is InChI=1S/C22H29N3S/c1-16-6-7-18(3)21(13-16)24-22(26)23-14-19-8-10-20(11-9-19)25-12-4-5-17(2)15-25/h6-11,13,17H,4-5,12,14-15H2,1-3H3,(H2,23,24,26)/t17-/m1/s1. The van der Waals surface area contributed by atoms with Crippen LogP contribution in [0.3, 0.4) is 0 Å². The Bertz CT molecular complexity index is 754. The van der Waals surface area contributed by atoms with Gasteiger partial charge in [-0.2, -0.15) is 0 Å². The Morgan fingerprint density at radius 3 is 2.65 bits per heavy atom. The third-order valence-corrected chi connectivity index (χ3v) is 5.30. The molecule has 1 heterocycles. The fourth-order valence-electron chi connectivity index (χ4n) is 3.47. The van der Waals surface area contributed by atoms with Gasteiger partial charge < -0.3 is 15.5 Å². The van der Waals surface area contributed by atoms with Crippen molar-refractivity contribution in [2.75, 3.05) is 23.3 Å². The van der Waals surface area contributed by atoms with Gasteiger partial charge >= 0.3 is 0 Å². The monoisotopic (exact) mass is 367 g/mol. The van der Waals surface area contributed by atoms with Crippen LogP contribution in [0.4, 0.5) is 11.4 Å². The molecule has 1 aliphatic rings. The normalized spacial score (nSPS) is 17.0. The van der Waals surface area contributed by atoms with Crippen molar-refractivity contribution in [2.45, 2.75) is 40.2 Å². The molecule has 26 heavy (non-hydrogen) atoms. The van der Waals surface area contributed by atoms with Crippen molar-refractivity contribution in [1.82, 2.24) is 5.32 Å². The lowest BCUT2D eigenvalue weighted by atomic mass is 9.99. The third kappa shape index (κ3) is 4.98. The van der Waals surface area contributed by atoms with Crippen LogP contribution in [0.2, 0.25) is 0 Å². The molecule has 0 bridgehead atoms. The molecule has 0 radical (unpaired) electrons. The Balaban J connectivity index is 1.53. The molecule has 3 rings (SSSR count). The summed E-state index contributed by atoms with van der Waals surface area (Å²) < 4.78 is 0. The summed E-state index contributed by atoms with van der Waals surface area (Å²) in [7, 11) is 0. The van der Waals surface area contributed by atoms with E-state index in [1.807, 2.05) is 0 Å². The minimum absolute atomic E-state index is 0.660. The molecule has 1 fully saturated rings. The smallest absolute Gasteiger partial charge is 0.171 e. The zero-order chi connectivity index (χ0) is 18.5. The molecule has 0 aromatic heterocycles. The average Bonchev–Trinajstić information content (AvgIpc) is 2.63. The molecule has 4 heteroatoms. The highest BCUT2D eigenvalue weighted by Gasteiger charge is 2.16. The second kappa shape index (κ2) is 8.54. The molecule has 138 valence electrons. The highest BCUT2D eigenvalue weighted by molar-refractivity contribution is 7.80. The van der Waals surface area contributed by atoms with Gasteiger partial charge in [-0.25, -0.2) is 0 Å². The van der Waals surface area contributed by atoms with Crippen LogP contribution in [-0.4, -0.2) is 18.2 Å². The highest BCUT2D eigenvalue weighted by atomic mass is 32.1. The van der Waals surface area contributed by atoms with Crippen molar-refractivity contribution >= 4 is 28.7 Å². The average molecular weight is 368 g/mol. The van der Waals surface area contributed by atoms with E-state index in [1.165, 1.54) is 48.3 Å². The summed E-state index contributed by atoms with van der Waals surface area (Å²) in [6.07, 6.45) is 2.64. The number of nitrogens with zero attached hydrogens (tertiary/aromatic N) is 1. The molecule has 0 unspecified atom stereocenters. The zero-order valence-electron chi connectivity index (χ0n) is 16.0. The van der Waals surface area contributed by atoms with Crippen molar-refractivity contribution in [2.24, 2.45) is 5.92 Å². The van der Waals surface area contributed by atoms with E-state index >= 15 is 0 Å². The Morgan fingerprint density at radius 2 is 1.92 bits per heavy atom. The topological polar surface area (TPSA) is 27.3 Å². The number of hydrogen-bond acceptors (Lipinski definition) is 2. The van der Waals surface area contributed by atoms with Gasteiger partial charge in [0.05, 0.1) is 0 Å².